The second-order valence-electron chi connectivity index (χ2n) is 6.47. The van der Waals surface area contributed by atoms with E-state index in [9.17, 15) is 4.79 Å². The molecule has 1 aromatic heterocycles. The van der Waals surface area contributed by atoms with Crippen molar-refractivity contribution in [2.45, 2.75) is 83.5 Å². The monoisotopic (exact) mass is 348 g/mol. The van der Waals surface area contributed by atoms with Gasteiger partial charge >= 0.3 is 5.97 Å². The Labute approximate surface area is 151 Å². The van der Waals surface area contributed by atoms with E-state index in [-0.39, 0.29) is 11.7 Å². The third kappa shape index (κ3) is 11.3. The zero-order valence-electron chi connectivity index (χ0n) is 15.3. The molecule has 0 unspecified atom stereocenters. The van der Waals surface area contributed by atoms with Gasteiger partial charge in [0, 0.05) is 12.5 Å². The minimum absolute atomic E-state index is 0.0810. The number of unbranched alkanes of at least 4 members (excludes halogenated alkanes) is 12. The molecule has 4 heteroatoms. The molecule has 25 heavy (non-hydrogen) atoms. The van der Waals surface area contributed by atoms with Gasteiger partial charge in [0.25, 0.3) is 5.95 Å². The van der Waals surface area contributed by atoms with Crippen LogP contribution in [0.5, 0.6) is 5.95 Å². The van der Waals surface area contributed by atoms with E-state index in [1.165, 1.54) is 70.3 Å². The highest BCUT2D eigenvalue weighted by Gasteiger charge is 2.09. The lowest BCUT2D eigenvalue weighted by molar-refractivity contribution is 0.0653. The molecule has 1 heterocycles. The number of terminal acetylenes is 1. The lowest BCUT2D eigenvalue weighted by atomic mass is 10.0. The van der Waals surface area contributed by atoms with Crippen LogP contribution in [0.25, 0.3) is 0 Å². The Balaban J connectivity index is 1.80. The second-order valence-corrected chi connectivity index (χ2v) is 6.47. The van der Waals surface area contributed by atoms with Crippen LogP contribution in [-0.2, 0) is 0 Å². The number of carboxylic acids is 1. The maximum Gasteiger partial charge on any atom is 0.371 e. The Hall–Kier alpha value is -1.89. The van der Waals surface area contributed by atoms with E-state index in [1.807, 2.05) is 0 Å². The van der Waals surface area contributed by atoms with Crippen molar-refractivity contribution >= 4 is 5.97 Å². The van der Waals surface area contributed by atoms with Crippen molar-refractivity contribution in [3.05, 3.63) is 17.9 Å². The number of ether oxygens (including phenoxy) is 1. The number of carbonyl (C=O) groups is 1. The molecule has 1 aromatic rings. The van der Waals surface area contributed by atoms with Gasteiger partial charge in [-0.25, -0.2) is 4.79 Å². The first-order valence-electron chi connectivity index (χ1n) is 9.63. The Morgan fingerprint density at radius 2 is 1.44 bits per heavy atom. The summed E-state index contributed by atoms with van der Waals surface area (Å²) in [6, 6.07) is 2.97. The van der Waals surface area contributed by atoms with Gasteiger partial charge in [0.2, 0.25) is 5.76 Å². The second kappa shape index (κ2) is 14.5. The quantitative estimate of drug-likeness (QED) is 0.291. The first-order chi connectivity index (χ1) is 12.2. The molecular weight excluding hydrogens is 316 g/mol. The van der Waals surface area contributed by atoms with Crippen LogP contribution in [0, 0.1) is 12.3 Å². The van der Waals surface area contributed by atoms with E-state index in [1.54, 1.807) is 6.07 Å². The fraction of sp³-hybridized carbons (Fsp3) is 0.667. The topological polar surface area (TPSA) is 59.7 Å². The van der Waals surface area contributed by atoms with Crippen LogP contribution in [-0.4, -0.2) is 17.7 Å². The molecule has 0 aliphatic heterocycles. The minimum Gasteiger partial charge on any atom is -0.475 e. The molecule has 0 bridgehead atoms. The average molecular weight is 348 g/mol. The van der Waals surface area contributed by atoms with Crippen LogP contribution in [0.1, 0.15) is 94.0 Å². The molecule has 0 saturated heterocycles. The highest BCUT2D eigenvalue weighted by atomic mass is 16.6. The number of rotatable bonds is 16. The fourth-order valence-corrected chi connectivity index (χ4v) is 2.78. The maximum atomic E-state index is 10.7. The van der Waals surface area contributed by atoms with E-state index in [4.69, 9.17) is 20.7 Å². The summed E-state index contributed by atoms with van der Waals surface area (Å²) in [5.41, 5.74) is 0. The highest BCUT2D eigenvalue weighted by molar-refractivity contribution is 5.84. The van der Waals surface area contributed by atoms with E-state index >= 15 is 0 Å². The van der Waals surface area contributed by atoms with Gasteiger partial charge in [0.15, 0.2) is 0 Å². The van der Waals surface area contributed by atoms with Gasteiger partial charge < -0.3 is 14.3 Å². The first-order valence-corrected chi connectivity index (χ1v) is 9.63. The van der Waals surface area contributed by atoms with Gasteiger partial charge in [-0.15, -0.1) is 12.3 Å². The molecule has 140 valence electrons. The van der Waals surface area contributed by atoms with Crippen LogP contribution >= 0.6 is 0 Å². The predicted molar refractivity (Wildman–Crippen MR) is 100 cm³/mol. The summed E-state index contributed by atoms with van der Waals surface area (Å²) in [6.07, 6.45) is 21.3. The third-order valence-electron chi connectivity index (χ3n) is 4.25. The molecule has 0 saturated carbocycles. The number of aromatic carboxylic acids is 1. The van der Waals surface area contributed by atoms with Gasteiger partial charge in [0.1, 0.15) is 0 Å². The zero-order chi connectivity index (χ0) is 18.2. The predicted octanol–water partition coefficient (Wildman–Crippen LogP) is 6.06. The number of carboxylic acid groups (broad SMARTS) is 1. The van der Waals surface area contributed by atoms with Crippen molar-refractivity contribution in [1.29, 1.82) is 0 Å². The lowest BCUT2D eigenvalue weighted by Gasteiger charge is -2.04. The molecule has 0 amide bonds. The van der Waals surface area contributed by atoms with Crippen molar-refractivity contribution < 1.29 is 19.1 Å². The molecule has 0 aromatic carbocycles. The molecule has 0 aliphatic carbocycles. The average Bonchev–Trinajstić information content (AvgIpc) is 3.07. The molecule has 0 spiro atoms. The molecule has 4 nitrogen and oxygen atoms in total. The summed E-state index contributed by atoms with van der Waals surface area (Å²) in [5.74, 6) is 1.83. The van der Waals surface area contributed by atoms with Crippen LogP contribution in [0.15, 0.2) is 16.5 Å². The third-order valence-corrected chi connectivity index (χ3v) is 4.25. The molecule has 0 atom stereocenters. The standard InChI is InChI=1S/C21H32O4/c1-2-3-4-5-6-7-8-9-10-11-12-13-14-15-18-24-20-17-16-19(25-20)21(22)23/h1,16-17H,3-15,18H2,(H,22,23). The van der Waals surface area contributed by atoms with Gasteiger partial charge in [-0.1, -0.05) is 64.2 Å². The number of hydrogen-bond donors (Lipinski definition) is 1. The summed E-state index contributed by atoms with van der Waals surface area (Å²) in [6.45, 7) is 0.576. The van der Waals surface area contributed by atoms with Gasteiger partial charge in [-0.2, -0.15) is 0 Å². The van der Waals surface area contributed by atoms with E-state index in [0.29, 0.717) is 6.61 Å². The summed E-state index contributed by atoms with van der Waals surface area (Å²) in [4.78, 5) is 10.7. The summed E-state index contributed by atoms with van der Waals surface area (Å²) in [7, 11) is 0. The van der Waals surface area contributed by atoms with Crippen molar-refractivity contribution in [3.8, 4) is 18.3 Å². The van der Waals surface area contributed by atoms with Gasteiger partial charge in [-0.3, -0.25) is 0 Å². The summed E-state index contributed by atoms with van der Waals surface area (Å²) >= 11 is 0. The van der Waals surface area contributed by atoms with Crippen molar-refractivity contribution in [1.82, 2.24) is 0 Å². The summed E-state index contributed by atoms with van der Waals surface area (Å²) in [5, 5.41) is 8.75. The number of furan rings is 1. The zero-order valence-corrected chi connectivity index (χ0v) is 15.3. The number of hydrogen-bond acceptors (Lipinski definition) is 3. The Bertz CT molecular complexity index is 498. The molecule has 0 aliphatic rings. The van der Waals surface area contributed by atoms with Gasteiger partial charge in [-0.05, 0) is 18.9 Å². The lowest BCUT2D eigenvalue weighted by Crippen LogP contribution is -1.96. The van der Waals surface area contributed by atoms with E-state index < -0.39 is 5.97 Å². The van der Waals surface area contributed by atoms with Crippen molar-refractivity contribution in [2.24, 2.45) is 0 Å². The van der Waals surface area contributed by atoms with Crippen LogP contribution in [0.2, 0.25) is 0 Å². The molecule has 0 radical (unpaired) electrons. The van der Waals surface area contributed by atoms with Crippen LogP contribution < -0.4 is 4.74 Å². The first kappa shape index (κ1) is 21.2. The summed E-state index contributed by atoms with van der Waals surface area (Å²) < 4.78 is 10.4. The normalized spacial score (nSPS) is 10.5. The Kier molecular flexibility index (Phi) is 12.2. The molecular formula is C21H32O4. The van der Waals surface area contributed by atoms with E-state index in [0.717, 1.165) is 19.3 Å². The Morgan fingerprint density at radius 1 is 0.920 bits per heavy atom. The maximum absolute atomic E-state index is 10.7. The molecule has 0 fully saturated rings. The van der Waals surface area contributed by atoms with Crippen molar-refractivity contribution in [2.75, 3.05) is 6.61 Å². The molecule has 1 rings (SSSR count). The van der Waals surface area contributed by atoms with E-state index in [2.05, 4.69) is 5.92 Å². The van der Waals surface area contributed by atoms with Crippen LogP contribution in [0.4, 0.5) is 0 Å². The SMILES string of the molecule is C#CCCCCCCCCCCCCCCOc1ccc(C(=O)O)o1. The largest absolute Gasteiger partial charge is 0.475 e. The smallest absolute Gasteiger partial charge is 0.371 e. The van der Waals surface area contributed by atoms with Gasteiger partial charge in [0.05, 0.1) is 6.61 Å². The highest BCUT2D eigenvalue weighted by Crippen LogP contribution is 2.17. The Morgan fingerprint density at radius 3 is 1.92 bits per heavy atom. The fourth-order valence-electron chi connectivity index (χ4n) is 2.78. The minimum atomic E-state index is -1.07. The molecule has 1 N–H and O–H groups in total. The van der Waals surface area contributed by atoms with Crippen molar-refractivity contribution in [3.63, 3.8) is 0 Å². The van der Waals surface area contributed by atoms with Crippen LogP contribution in [0.3, 0.4) is 0 Å².